The summed E-state index contributed by atoms with van der Waals surface area (Å²) in [6.07, 6.45) is 0.457. The van der Waals surface area contributed by atoms with Gasteiger partial charge in [-0.3, -0.25) is 9.69 Å². The van der Waals surface area contributed by atoms with Crippen LogP contribution in [0.15, 0.2) is 41.8 Å². The number of hydrogen-bond donors (Lipinski definition) is 1. The Morgan fingerprint density at radius 1 is 1.25 bits per heavy atom. The van der Waals surface area contributed by atoms with Crippen LogP contribution in [0.3, 0.4) is 0 Å². The Morgan fingerprint density at radius 3 is 2.68 bits per heavy atom. The zero-order chi connectivity index (χ0) is 20.2. The molecule has 1 aliphatic rings. The average molecular weight is 423 g/mol. The molecule has 1 fully saturated rings. The molecule has 2 aromatic rings. The predicted molar refractivity (Wildman–Crippen MR) is 111 cm³/mol. The van der Waals surface area contributed by atoms with E-state index in [1.165, 1.54) is 0 Å². The van der Waals surface area contributed by atoms with Crippen molar-refractivity contribution >= 4 is 27.1 Å². The molecule has 0 saturated carbocycles. The molecule has 1 unspecified atom stereocenters. The third-order valence-electron chi connectivity index (χ3n) is 4.86. The summed E-state index contributed by atoms with van der Waals surface area (Å²) in [5, 5.41) is 4.96. The summed E-state index contributed by atoms with van der Waals surface area (Å²) >= 11 is 1.65. The second kappa shape index (κ2) is 8.63. The van der Waals surface area contributed by atoms with Crippen LogP contribution in [0.25, 0.3) is 0 Å². The van der Waals surface area contributed by atoms with E-state index in [2.05, 4.69) is 5.32 Å². The predicted octanol–water partition coefficient (Wildman–Crippen LogP) is 2.45. The lowest BCUT2D eigenvalue weighted by atomic mass is 10.0. The first-order valence-electron chi connectivity index (χ1n) is 9.17. The lowest BCUT2D eigenvalue weighted by Crippen LogP contribution is -2.50. The largest absolute Gasteiger partial charge is 0.496 e. The van der Waals surface area contributed by atoms with Gasteiger partial charge in [0.05, 0.1) is 30.7 Å². The number of amides is 1. The van der Waals surface area contributed by atoms with Crippen molar-refractivity contribution in [2.75, 3.05) is 25.2 Å². The number of nitrogens with one attached hydrogen (secondary N) is 1. The van der Waals surface area contributed by atoms with Crippen molar-refractivity contribution in [2.24, 2.45) is 0 Å². The first kappa shape index (κ1) is 20.8. The summed E-state index contributed by atoms with van der Waals surface area (Å²) in [4.78, 5) is 15.9. The van der Waals surface area contributed by atoms with E-state index in [0.29, 0.717) is 19.5 Å². The lowest BCUT2D eigenvalue weighted by molar-refractivity contribution is -0.124. The van der Waals surface area contributed by atoms with Gasteiger partial charge in [-0.2, -0.15) is 0 Å². The van der Waals surface area contributed by atoms with Gasteiger partial charge in [-0.05, 0) is 30.9 Å². The lowest BCUT2D eigenvalue weighted by Gasteiger charge is -2.27. The Kier molecular flexibility index (Phi) is 6.42. The second-order valence-electron chi connectivity index (χ2n) is 7.49. The molecule has 0 aliphatic carbocycles. The minimum Gasteiger partial charge on any atom is -0.496 e. The van der Waals surface area contributed by atoms with Crippen LogP contribution in [0.5, 0.6) is 5.75 Å². The van der Waals surface area contributed by atoms with Gasteiger partial charge in [0.1, 0.15) is 5.75 Å². The van der Waals surface area contributed by atoms with Crippen LogP contribution in [0.2, 0.25) is 0 Å². The standard InChI is InChI=1S/C20H26N2O4S2/c1-20(9-11-28(24,25)15-20)21-19(23)14-22(13-17-7-5-10-27-17)12-16-6-3-4-8-18(16)26-2/h3-8,10H,9,11-15H2,1-2H3,(H,21,23). The van der Waals surface area contributed by atoms with Gasteiger partial charge in [-0.1, -0.05) is 24.3 Å². The number of ether oxygens (including phenoxy) is 1. The van der Waals surface area contributed by atoms with E-state index in [-0.39, 0.29) is 24.0 Å². The smallest absolute Gasteiger partial charge is 0.234 e. The van der Waals surface area contributed by atoms with Crippen LogP contribution in [0, 0.1) is 0 Å². The molecule has 0 bridgehead atoms. The number of sulfone groups is 1. The molecule has 8 heteroatoms. The summed E-state index contributed by atoms with van der Waals surface area (Å²) in [5.74, 6) is 0.756. The number of carbonyl (C=O) groups excluding carboxylic acids is 1. The first-order chi connectivity index (χ1) is 13.3. The SMILES string of the molecule is COc1ccccc1CN(CC(=O)NC1(C)CCS(=O)(=O)C1)Cc1cccs1. The Balaban J connectivity index is 1.71. The minimum atomic E-state index is -3.07. The van der Waals surface area contributed by atoms with Gasteiger partial charge in [0.15, 0.2) is 9.84 Å². The highest BCUT2D eigenvalue weighted by Gasteiger charge is 2.39. The normalized spacial score (nSPS) is 21.0. The maximum Gasteiger partial charge on any atom is 0.234 e. The fourth-order valence-corrected chi connectivity index (χ4v) is 6.39. The van der Waals surface area contributed by atoms with E-state index in [1.807, 2.05) is 46.7 Å². The van der Waals surface area contributed by atoms with E-state index in [4.69, 9.17) is 4.74 Å². The molecule has 6 nitrogen and oxygen atoms in total. The van der Waals surface area contributed by atoms with Gasteiger partial charge < -0.3 is 10.1 Å². The third-order valence-corrected chi connectivity index (χ3v) is 7.62. The summed E-state index contributed by atoms with van der Waals surface area (Å²) in [5.41, 5.74) is 0.318. The number of benzene rings is 1. The summed E-state index contributed by atoms with van der Waals surface area (Å²) < 4.78 is 29.0. The zero-order valence-corrected chi connectivity index (χ0v) is 17.8. The van der Waals surface area contributed by atoms with E-state index in [9.17, 15) is 13.2 Å². The van der Waals surface area contributed by atoms with Gasteiger partial charge in [-0.25, -0.2) is 8.42 Å². The minimum absolute atomic E-state index is 0.00315. The molecular formula is C20H26N2O4S2. The molecule has 1 aromatic heterocycles. The molecule has 1 N–H and O–H groups in total. The first-order valence-corrected chi connectivity index (χ1v) is 11.9. The summed E-state index contributed by atoms with van der Waals surface area (Å²) in [7, 11) is -1.43. The molecule has 1 atom stereocenters. The van der Waals surface area contributed by atoms with Crippen molar-refractivity contribution in [3.05, 3.63) is 52.2 Å². The molecule has 0 radical (unpaired) electrons. The average Bonchev–Trinajstić information content (AvgIpc) is 3.22. The zero-order valence-electron chi connectivity index (χ0n) is 16.2. The van der Waals surface area contributed by atoms with E-state index in [0.717, 1.165) is 16.2 Å². The van der Waals surface area contributed by atoms with E-state index >= 15 is 0 Å². The van der Waals surface area contributed by atoms with Crippen molar-refractivity contribution in [1.82, 2.24) is 10.2 Å². The van der Waals surface area contributed by atoms with Gasteiger partial charge in [0, 0.05) is 23.5 Å². The van der Waals surface area contributed by atoms with Crippen molar-refractivity contribution < 1.29 is 17.9 Å². The maximum absolute atomic E-state index is 12.7. The number of methoxy groups -OCH3 is 1. The second-order valence-corrected chi connectivity index (χ2v) is 10.7. The van der Waals surface area contributed by atoms with Crippen molar-refractivity contribution in [1.29, 1.82) is 0 Å². The molecule has 2 heterocycles. The van der Waals surface area contributed by atoms with Crippen molar-refractivity contribution in [2.45, 2.75) is 32.0 Å². The van der Waals surface area contributed by atoms with Gasteiger partial charge in [-0.15, -0.1) is 11.3 Å². The van der Waals surface area contributed by atoms with Gasteiger partial charge in [0.25, 0.3) is 0 Å². The van der Waals surface area contributed by atoms with Gasteiger partial charge in [0.2, 0.25) is 5.91 Å². The molecule has 152 valence electrons. The summed E-state index contributed by atoms with van der Waals surface area (Å²) in [6.45, 7) is 3.19. The fourth-order valence-electron chi connectivity index (χ4n) is 3.55. The Hall–Kier alpha value is -1.90. The van der Waals surface area contributed by atoms with Crippen LogP contribution in [0.4, 0.5) is 0 Å². The number of nitrogens with zero attached hydrogens (tertiary/aromatic N) is 1. The molecule has 1 amide bonds. The highest BCUT2D eigenvalue weighted by molar-refractivity contribution is 7.91. The topological polar surface area (TPSA) is 75.7 Å². The van der Waals surface area contributed by atoms with Crippen LogP contribution in [-0.2, 0) is 27.7 Å². The quantitative estimate of drug-likeness (QED) is 0.707. The molecule has 3 rings (SSSR count). The number of thiophene rings is 1. The van der Waals surface area contributed by atoms with E-state index < -0.39 is 15.4 Å². The van der Waals surface area contributed by atoms with Crippen LogP contribution in [0.1, 0.15) is 23.8 Å². The molecule has 0 spiro atoms. The third kappa shape index (κ3) is 5.56. The number of hydrogen-bond acceptors (Lipinski definition) is 6. The molecule has 1 aliphatic heterocycles. The van der Waals surface area contributed by atoms with Crippen LogP contribution < -0.4 is 10.1 Å². The molecule has 1 aromatic carbocycles. The van der Waals surface area contributed by atoms with Crippen molar-refractivity contribution in [3.63, 3.8) is 0 Å². The highest BCUT2D eigenvalue weighted by Crippen LogP contribution is 2.24. The number of para-hydroxylation sites is 1. The molecular weight excluding hydrogens is 396 g/mol. The van der Waals surface area contributed by atoms with Crippen LogP contribution >= 0.6 is 11.3 Å². The maximum atomic E-state index is 12.7. The number of rotatable bonds is 8. The fraction of sp³-hybridized carbons (Fsp3) is 0.450. The summed E-state index contributed by atoms with van der Waals surface area (Å²) in [6, 6.07) is 11.8. The monoisotopic (exact) mass is 422 g/mol. The van der Waals surface area contributed by atoms with Crippen molar-refractivity contribution in [3.8, 4) is 5.75 Å². The Labute approximate surface area is 170 Å². The van der Waals surface area contributed by atoms with E-state index in [1.54, 1.807) is 25.4 Å². The van der Waals surface area contributed by atoms with Crippen LogP contribution in [-0.4, -0.2) is 49.9 Å². The molecule has 1 saturated heterocycles. The molecule has 28 heavy (non-hydrogen) atoms. The van der Waals surface area contributed by atoms with Gasteiger partial charge >= 0.3 is 0 Å². The Bertz CT molecular complexity index is 912. The number of carbonyl (C=O) groups is 1. The Morgan fingerprint density at radius 2 is 2.04 bits per heavy atom. The highest BCUT2D eigenvalue weighted by atomic mass is 32.2.